The van der Waals surface area contributed by atoms with Crippen LogP contribution in [0, 0.1) is 12.8 Å². The molecule has 2 N–H and O–H groups in total. The summed E-state index contributed by atoms with van der Waals surface area (Å²) >= 11 is 0. The van der Waals surface area contributed by atoms with Crippen molar-refractivity contribution >= 4 is 11.8 Å². The summed E-state index contributed by atoms with van der Waals surface area (Å²) in [5, 5.41) is 3.85. The van der Waals surface area contributed by atoms with E-state index in [1.165, 1.54) is 0 Å². The zero-order chi connectivity index (χ0) is 9.97. The zero-order valence-electron chi connectivity index (χ0n) is 8.19. The largest absolute Gasteiger partial charge is 0.394 e. The molecule has 1 fully saturated rings. The predicted molar refractivity (Wildman–Crippen MR) is 53.6 cm³/mol. The van der Waals surface area contributed by atoms with Gasteiger partial charge in [-0.2, -0.15) is 0 Å². The second-order valence-electron chi connectivity index (χ2n) is 3.52. The van der Waals surface area contributed by atoms with Gasteiger partial charge in [0.25, 0.3) is 0 Å². The van der Waals surface area contributed by atoms with Crippen LogP contribution >= 0.6 is 0 Å². The molecule has 1 saturated heterocycles. The number of anilines is 1. The minimum Gasteiger partial charge on any atom is -0.394 e. The Bertz CT molecular complexity index is 338. The predicted octanol–water partition coefficient (Wildman–Crippen LogP) is 1.61. The first-order valence-corrected chi connectivity index (χ1v) is 4.75. The van der Waals surface area contributed by atoms with Crippen LogP contribution in [0.1, 0.15) is 17.9 Å². The van der Waals surface area contributed by atoms with Gasteiger partial charge in [-0.1, -0.05) is 11.2 Å². The SMILES string of the molecule is Cc1onc(C=CC2CCOC2)c1N. The van der Waals surface area contributed by atoms with Gasteiger partial charge in [-0.3, -0.25) is 0 Å². The molecular formula is C10H14N2O2. The third kappa shape index (κ3) is 1.80. The van der Waals surface area contributed by atoms with Gasteiger partial charge in [-0.05, 0) is 19.4 Å². The number of hydrogen-bond donors (Lipinski definition) is 1. The first kappa shape index (κ1) is 9.27. The van der Waals surface area contributed by atoms with Crippen LogP contribution in [0.3, 0.4) is 0 Å². The van der Waals surface area contributed by atoms with E-state index in [4.69, 9.17) is 15.0 Å². The quantitative estimate of drug-likeness (QED) is 0.777. The van der Waals surface area contributed by atoms with Crippen LogP contribution in [0.4, 0.5) is 5.69 Å². The third-order valence-corrected chi connectivity index (χ3v) is 2.43. The zero-order valence-corrected chi connectivity index (χ0v) is 8.19. The molecule has 0 aromatic carbocycles. The van der Waals surface area contributed by atoms with Gasteiger partial charge in [-0.25, -0.2) is 0 Å². The lowest BCUT2D eigenvalue weighted by Crippen LogP contribution is -1.93. The van der Waals surface area contributed by atoms with Crippen molar-refractivity contribution < 1.29 is 9.26 Å². The highest BCUT2D eigenvalue weighted by atomic mass is 16.5. The smallest absolute Gasteiger partial charge is 0.157 e. The van der Waals surface area contributed by atoms with Crippen molar-refractivity contribution in [1.29, 1.82) is 0 Å². The van der Waals surface area contributed by atoms with E-state index in [1.54, 1.807) is 6.92 Å². The second-order valence-corrected chi connectivity index (χ2v) is 3.52. The number of nitrogen functional groups attached to an aromatic ring is 1. The molecule has 0 spiro atoms. The highest BCUT2D eigenvalue weighted by Gasteiger charge is 2.12. The maximum atomic E-state index is 5.75. The molecule has 14 heavy (non-hydrogen) atoms. The second kappa shape index (κ2) is 3.84. The molecule has 2 heterocycles. The minimum absolute atomic E-state index is 0.492. The van der Waals surface area contributed by atoms with Crippen molar-refractivity contribution in [3.05, 3.63) is 17.5 Å². The first-order valence-electron chi connectivity index (χ1n) is 4.75. The summed E-state index contributed by atoms with van der Waals surface area (Å²) in [5.41, 5.74) is 7.09. The van der Waals surface area contributed by atoms with E-state index < -0.39 is 0 Å². The summed E-state index contributed by atoms with van der Waals surface area (Å²) in [6.45, 7) is 3.45. The summed E-state index contributed by atoms with van der Waals surface area (Å²) in [7, 11) is 0. The van der Waals surface area contributed by atoms with Crippen LogP contribution in [-0.4, -0.2) is 18.4 Å². The average Bonchev–Trinajstić information content (AvgIpc) is 2.77. The molecule has 0 radical (unpaired) electrons. The Hall–Kier alpha value is -1.29. The van der Waals surface area contributed by atoms with Crippen LogP contribution < -0.4 is 5.73 Å². The topological polar surface area (TPSA) is 61.3 Å². The van der Waals surface area contributed by atoms with E-state index in [-0.39, 0.29) is 0 Å². The van der Waals surface area contributed by atoms with E-state index >= 15 is 0 Å². The summed E-state index contributed by atoms with van der Waals surface area (Å²) in [5.74, 6) is 1.17. The molecule has 1 aliphatic heterocycles. The Balaban J connectivity index is 2.05. The van der Waals surface area contributed by atoms with Crippen molar-refractivity contribution in [2.75, 3.05) is 18.9 Å². The lowest BCUT2D eigenvalue weighted by Gasteiger charge is -1.96. The lowest BCUT2D eigenvalue weighted by atomic mass is 10.1. The standard InChI is InChI=1S/C10H14N2O2/c1-7-10(11)9(12-14-7)3-2-8-4-5-13-6-8/h2-3,8H,4-6,11H2,1H3. The van der Waals surface area contributed by atoms with Crippen LogP contribution in [0.25, 0.3) is 6.08 Å². The van der Waals surface area contributed by atoms with E-state index in [9.17, 15) is 0 Å². The summed E-state index contributed by atoms with van der Waals surface area (Å²) in [6.07, 6.45) is 5.07. The number of rotatable bonds is 2. The molecule has 0 aliphatic carbocycles. The van der Waals surface area contributed by atoms with Crippen molar-refractivity contribution in [2.45, 2.75) is 13.3 Å². The molecule has 1 aromatic rings. The molecular weight excluding hydrogens is 180 g/mol. The van der Waals surface area contributed by atoms with Crippen molar-refractivity contribution in [1.82, 2.24) is 5.16 Å². The number of ether oxygens (including phenoxy) is 1. The Morgan fingerprint density at radius 1 is 1.57 bits per heavy atom. The van der Waals surface area contributed by atoms with Crippen molar-refractivity contribution in [2.24, 2.45) is 5.92 Å². The number of aryl methyl sites for hydroxylation is 1. The molecule has 1 unspecified atom stereocenters. The highest BCUT2D eigenvalue weighted by molar-refractivity contribution is 5.61. The van der Waals surface area contributed by atoms with Gasteiger partial charge in [0.2, 0.25) is 0 Å². The summed E-state index contributed by atoms with van der Waals surface area (Å²) in [4.78, 5) is 0. The normalized spacial score (nSPS) is 22.2. The Morgan fingerprint density at radius 2 is 2.43 bits per heavy atom. The lowest BCUT2D eigenvalue weighted by molar-refractivity contribution is 0.191. The molecule has 1 aromatic heterocycles. The molecule has 0 amide bonds. The molecule has 76 valence electrons. The van der Waals surface area contributed by atoms with E-state index in [2.05, 4.69) is 11.2 Å². The van der Waals surface area contributed by atoms with Gasteiger partial charge in [0.15, 0.2) is 5.76 Å². The van der Waals surface area contributed by atoms with Gasteiger partial charge in [0.05, 0.1) is 6.61 Å². The Kier molecular flexibility index (Phi) is 2.54. The number of nitrogens with zero attached hydrogens (tertiary/aromatic N) is 1. The average molecular weight is 194 g/mol. The number of aromatic nitrogens is 1. The fraction of sp³-hybridized carbons (Fsp3) is 0.500. The summed E-state index contributed by atoms with van der Waals surface area (Å²) in [6, 6.07) is 0. The fourth-order valence-corrected chi connectivity index (χ4v) is 1.45. The number of nitrogens with two attached hydrogens (primary N) is 1. The van der Waals surface area contributed by atoms with E-state index in [0.717, 1.165) is 25.3 Å². The molecule has 0 saturated carbocycles. The minimum atomic E-state index is 0.492. The maximum absolute atomic E-state index is 5.75. The van der Waals surface area contributed by atoms with Crippen LogP contribution in [0.15, 0.2) is 10.6 Å². The molecule has 4 nitrogen and oxygen atoms in total. The van der Waals surface area contributed by atoms with Gasteiger partial charge in [-0.15, -0.1) is 0 Å². The monoisotopic (exact) mass is 194 g/mol. The van der Waals surface area contributed by atoms with Crippen molar-refractivity contribution in [3.63, 3.8) is 0 Å². The summed E-state index contributed by atoms with van der Waals surface area (Å²) < 4.78 is 10.2. The van der Waals surface area contributed by atoms with Crippen LogP contribution in [-0.2, 0) is 4.74 Å². The Labute approximate surface area is 82.7 Å². The molecule has 2 rings (SSSR count). The molecule has 1 atom stereocenters. The fourth-order valence-electron chi connectivity index (χ4n) is 1.45. The number of hydrogen-bond acceptors (Lipinski definition) is 4. The van der Waals surface area contributed by atoms with E-state index in [0.29, 0.717) is 17.4 Å². The van der Waals surface area contributed by atoms with Gasteiger partial charge < -0.3 is 15.0 Å². The van der Waals surface area contributed by atoms with Gasteiger partial charge in [0, 0.05) is 12.5 Å². The van der Waals surface area contributed by atoms with E-state index in [1.807, 2.05) is 6.08 Å². The van der Waals surface area contributed by atoms with Gasteiger partial charge in [0.1, 0.15) is 11.4 Å². The first-order chi connectivity index (χ1) is 6.77. The molecule has 1 aliphatic rings. The third-order valence-electron chi connectivity index (χ3n) is 2.43. The maximum Gasteiger partial charge on any atom is 0.157 e. The van der Waals surface area contributed by atoms with Gasteiger partial charge >= 0.3 is 0 Å². The van der Waals surface area contributed by atoms with Crippen molar-refractivity contribution in [3.8, 4) is 0 Å². The Morgan fingerprint density at radius 3 is 3.00 bits per heavy atom. The van der Waals surface area contributed by atoms with Crippen LogP contribution in [0.5, 0.6) is 0 Å². The van der Waals surface area contributed by atoms with Crippen LogP contribution in [0.2, 0.25) is 0 Å². The highest BCUT2D eigenvalue weighted by Crippen LogP contribution is 2.19. The molecule has 0 bridgehead atoms. The molecule has 4 heteroatoms.